The molecule has 0 unspecified atom stereocenters. The second-order valence-electron chi connectivity index (χ2n) is 2.10. The number of aromatic carboxylic acids is 1. The zero-order valence-electron chi connectivity index (χ0n) is 6.25. The van der Waals surface area contributed by atoms with E-state index in [1.165, 1.54) is 0 Å². The molecule has 0 fully saturated rings. The molecule has 0 aromatic heterocycles. The standard InChI is InChI=1S/C8H7ClO2.Ti/c9-5-6-3-1-2-4-7(6)8(10)11;/h1-4H,5H2,(H,10,11);. The van der Waals surface area contributed by atoms with E-state index in [1.54, 1.807) is 24.3 Å². The first-order chi connectivity index (χ1) is 5.25. The molecule has 2 nitrogen and oxygen atoms in total. The van der Waals surface area contributed by atoms with Crippen LogP contribution in [0.1, 0.15) is 15.9 Å². The summed E-state index contributed by atoms with van der Waals surface area (Å²) < 4.78 is 0. The van der Waals surface area contributed by atoms with Crippen molar-refractivity contribution in [3.8, 4) is 0 Å². The van der Waals surface area contributed by atoms with Crippen molar-refractivity contribution in [1.82, 2.24) is 0 Å². The predicted octanol–water partition coefficient (Wildman–Crippen LogP) is 2.12. The van der Waals surface area contributed by atoms with E-state index in [0.29, 0.717) is 5.56 Å². The summed E-state index contributed by atoms with van der Waals surface area (Å²) in [6, 6.07) is 6.69. The van der Waals surface area contributed by atoms with Gasteiger partial charge in [0.15, 0.2) is 0 Å². The molecule has 1 N–H and O–H groups in total. The first kappa shape index (κ1) is 11.7. The van der Waals surface area contributed by atoms with Crippen LogP contribution < -0.4 is 0 Å². The fraction of sp³-hybridized carbons (Fsp3) is 0.125. The number of carbonyl (C=O) groups is 1. The number of rotatable bonds is 2. The van der Waals surface area contributed by atoms with Gasteiger partial charge in [-0.25, -0.2) is 4.79 Å². The van der Waals surface area contributed by atoms with Crippen LogP contribution in [-0.4, -0.2) is 11.1 Å². The maximum absolute atomic E-state index is 10.5. The van der Waals surface area contributed by atoms with Gasteiger partial charge < -0.3 is 5.11 Å². The van der Waals surface area contributed by atoms with E-state index in [4.69, 9.17) is 16.7 Å². The summed E-state index contributed by atoms with van der Waals surface area (Å²) in [6.07, 6.45) is 0. The van der Waals surface area contributed by atoms with Crippen LogP contribution in [0.3, 0.4) is 0 Å². The van der Waals surface area contributed by atoms with Gasteiger partial charge >= 0.3 is 5.97 Å². The largest absolute Gasteiger partial charge is 0.478 e. The third-order valence-electron chi connectivity index (χ3n) is 1.39. The number of alkyl halides is 1. The van der Waals surface area contributed by atoms with Crippen molar-refractivity contribution >= 4 is 17.6 Å². The molecule has 12 heavy (non-hydrogen) atoms. The van der Waals surface area contributed by atoms with E-state index in [0.717, 1.165) is 0 Å². The van der Waals surface area contributed by atoms with Gasteiger partial charge in [-0.2, -0.15) is 0 Å². The molecule has 0 atom stereocenters. The van der Waals surface area contributed by atoms with Crippen LogP contribution in [-0.2, 0) is 27.6 Å². The van der Waals surface area contributed by atoms with Crippen molar-refractivity contribution in [2.24, 2.45) is 0 Å². The molecule has 1 rings (SSSR count). The topological polar surface area (TPSA) is 37.3 Å². The average Bonchev–Trinajstić information content (AvgIpc) is 2.04. The van der Waals surface area contributed by atoms with E-state index in [1.807, 2.05) is 0 Å². The second kappa shape index (κ2) is 5.36. The molecule has 1 aromatic carbocycles. The van der Waals surface area contributed by atoms with Gasteiger partial charge in [0.05, 0.1) is 5.56 Å². The minimum atomic E-state index is -0.929. The Morgan fingerprint density at radius 1 is 1.42 bits per heavy atom. The van der Waals surface area contributed by atoms with Gasteiger partial charge in [-0.15, -0.1) is 11.6 Å². The minimum absolute atomic E-state index is 0. The van der Waals surface area contributed by atoms with Crippen LogP contribution in [0.5, 0.6) is 0 Å². The second-order valence-corrected chi connectivity index (χ2v) is 2.36. The predicted molar refractivity (Wildman–Crippen MR) is 43.0 cm³/mol. The monoisotopic (exact) mass is 218 g/mol. The molecule has 4 heteroatoms. The smallest absolute Gasteiger partial charge is 0.336 e. The van der Waals surface area contributed by atoms with Crippen molar-refractivity contribution in [2.45, 2.75) is 5.88 Å². The van der Waals surface area contributed by atoms with Gasteiger partial charge in [0, 0.05) is 27.6 Å². The summed E-state index contributed by atoms with van der Waals surface area (Å²) in [5.41, 5.74) is 0.934. The van der Waals surface area contributed by atoms with Crippen LogP contribution in [0.25, 0.3) is 0 Å². The zero-order chi connectivity index (χ0) is 8.27. The maximum Gasteiger partial charge on any atom is 0.336 e. The Bertz CT molecular complexity index is 276. The molecule has 0 radical (unpaired) electrons. The first-order valence-corrected chi connectivity index (χ1v) is 3.66. The van der Waals surface area contributed by atoms with Crippen LogP contribution >= 0.6 is 11.6 Å². The van der Waals surface area contributed by atoms with E-state index >= 15 is 0 Å². The number of benzene rings is 1. The van der Waals surface area contributed by atoms with Crippen molar-refractivity contribution in [3.63, 3.8) is 0 Å². The molecule has 0 saturated carbocycles. The third kappa shape index (κ3) is 2.63. The van der Waals surface area contributed by atoms with Gasteiger partial charge in [-0.05, 0) is 11.6 Å². The molecule has 1 aromatic rings. The number of carboxylic acids is 1. The normalized spacial score (nSPS) is 8.75. The summed E-state index contributed by atoms with van der Waals surface area (Å²) in [7, 11) is 0. The Morgan fingerprint density at radius 3 is 2.42 bits per heavy atom. The maximum atomic E-state index is 10.5. The molecule has 0 bridgehead atoms. The van der Waals surface area contributed by atoms with E-state index in [-0.39, 0.29) is 33.2 Å². The minimum Gasteiger partial charge on any atom is -0.478 e. The average molecular weight is 218 g/mol. The zero-order valence-corrected chi connectivity index (χ0v) is 8.57. The van der Waals surface area contributed by atoms with Crippen molar-refractivity contribution in [2.75, 3.05) is 0 Å². The summed E-state index contributed by atoms with van der Waals surface area (Å²) in [5.74, 6) is -0.691. The van der Waals surface area contributed by atoms with Gasteiger partial charge in [-0.1, -0.05) is 18.2 Å². The van der Waals surface area contributed by atoms with E-state index in [2.05, 4.69) is 0 Å². The Hall–Kier alpha value is -0.306. The molecule has 0 aliphatic rings. The van der Waals surface area contributed by atoms with Gasteiger partial charge in [0.1, 0.15) is 0 Å². The molecular formula is C8H7ClO2Ti. The van der Waals surface area contributed by atoms with Crippen LogP contribution in [0, 0.1) is 0 Å². The fourth-order valence-corrected chi connectivity index (χ4v) is 1.08. The van der Waals surface area contributed by atoms with Crippen molar-refractivity contribution in [3.05, 3.63) is 35.4 Å². The SMILES string of the molecule is O=C(O)c1ccccc1CCl.[Ti]. The van der Waals surface area contributed by atoms with Crippen molar-refractivity contribution < 1.29 is 31.6 Å². The van der Waals surface area contributed by atoms with Crippen molar-refractivity contribution in [1.29, 1.82) is 0 Å². The Morgan fingerprint density at radius 2 is 2.00 bits per heavy atom. The third-order valence-corrected chi connectivity index (χ3v) is 1.68. The first-order valence-electron chi connectivity index (χ1n) is 3.13. The summed E-state index contributed by atoms with van der Waals surface area (Å²) >= 11 is 5.51. The Balaban J connectivity index is 0.00000121. The number of halogens is 1. The van der Waals surface area contributed by atoms with E-state index < -0.39 is 5.97 Å². The van der Waals surface area contributed by atoms with Gasteiger partial charge in [0.25, 0.3) is 0 Å². The summed E-state index contributed by atoms with van der Waals surface area (Å²) in [4.78, 5) is 10.5. The Labute approximate surface area is 90.4 Å². The summed E-state index contributed by atoms with van der Waals surface area (Å²) in [5, 5.41) is 8.64. The van der Waals surface area contributed by atoms with E-state index in [9.17, 15) is 4.79 Å². The summed E-state index contributed by atoms with van der Waals surface area (Å²) in [6.45, 7) is 0. The van der Waals surface area contributed by atoms with Gasteiger partial charge in [-0.3, -0.25) is 0 Å². The molecule has 0 aliphatic carbocycles. The number of hydrogen-bond donors (Lipinski definition) is 1. The Kier molecular flexibility index (Phi) is 5.22. The fourth-order valence-electron chi connectivity index (χ4n) is 0.845. The van der Waals surface area contributed by atoms with Crippen LogP contribution in [0.15, 0.2) is 24.3 Å². The molecular weight excluding hydrogens is 211 g/mol. The molecule has 0 spiro atoms. The molecule has 0 saturated heterocycles. The number of carboxylic acid groups (broad SMARTS) is 1. The molecule has 0 aliphatic heterocycles. The number of hydrogen-bond acceptors (Lipinski definition) is 1. The molecule has 62 valence electrons. The van der Waals surface area contributed by atoms with Crippen LogP contribution in [0.2, 0.25) is 0 Å². The van der Waals surface area contributed by atoms with Gasteiger partial charge in [0.2, 0.25) is 0 Å². The molecule has 0 amide bonds. The van der Waals surface area contributed by atoms with Crippen LogP contribution in [0.4, 0.5) is 0 Å². The molecule has 0 heterocycles. The quantitative estimate of drug-likeness (QED) is 0.610.